The number of aromatic nitrogens is 1. The highest BCUT2D eigenvalue weighted by Crippen LogP contribution is 2.39. The van der Waals surface area contributed by atoms with Crippen LogP contribution in [0.25, 0.3) is 0 Å². The molecule has 146 valence electrons. The number of thiophene rings is 1. The fourth-order valence-corrected chi connectivity index (χ4v) is 4.43. The van der Waals surface area contributed by atoms with Crippen LogP contribution < -0.4 is 4.74 Å². The third-order valence-electron chi connectivity index (χ3n) is 4.86. The summed E-state index contributed by atoms with van der Waals surface area (Å²) in [4.78, 5) is 15.8. The molecular weight excluding hydrogens is 389 g/mol. The number of halogens is 3. The van der Waals surface area contributed by atoms with Gasteiger partial charge >= 0.3 is 6.18 Å². The van der Waals surface area contributed by atoms with Crippen LogP contribution in [0.1, 0.15) is 32.5 Å². The monoisotopic (exact) mass is 406 g/mol. The number of benzene rings is 1. The minimum Gasteiger partial charge on any atom is -0.496 e. The van der Waals surface area contributed by atoms with Gasteiger partial charge in [-0.3, -0.25) is 4.79 Å². The molecule has 1 amide bonds. The number of fused-ring (bicyclic) bond motifs is 1. The minimum atomic E-state index is -4.61. The van der Waals surface area contributed by atoms with Crippen LogP contribution in [0, 0.1) is 0 Å². The van der Waals surface area contributed by atoms with E-state index < -0.39 is 17.6 Å². The van der Waals surface area contributed by atoms with Crippen molar-refractivity contribution in [2.45, 2.75) is 18.8 Å². The van der Waals surface area contributed by atoms with Gasteiger partial charge < -0.3 is 14.2 Å². The Morgan fingerprint density at radius 1 is 1.18 bits per heavy atom. The molecule has 2 aromatic heterocycles. The van der Waals surface area contributed by atoms with Crippen molar-refractivity contribution < 1.29 is 22.7 Å². The third kappa shape index (κ3) is 3.17. The van der Waals surface area contributed by atoms with E-state index in [2.05, 4.69) is 4.57 Å². The van der Waals surface area contributed by atoms with Gasteiger partial charge in [0, 0.05) is 35.4 Å². The molecule has 3 aromatic rings. The van der Waals surface area contributed by atoms with E-state index in [0.717, 1.165) is 16.6 Å². The van der Waals surface area contributed by atoms with Crippen molar-refractivity contribution in [1.82, 2.24) is 9.47 Å². The number of hydrogen-bond acceptors (Lipinski definition) is 3. The zero-order valence-electron chi connectivity index (χ0n) is 14.9. The van der Waals surface area contributed by atoms with Crippen molar-refractivity contribution in [2.75, 3.05) is 13.7 Å². The van der Waals surface area contributed by atoms with Crippen LogP contribution in [-0.4, -0.2) is 29.0 Å². The number of nitrogens with zero attached hydrogens (tertiary/aromatic N) is 2. The number of methoxy groups -OCH3 is 1. The Morgan fingerprint density at radius 3 is 2.68 bits per heavy atom. The van der Waals surface area contributed by atoms with Crippen LogP contribution in [0.2, 0.25) is 0 Å². The molecule has 28 heavy (non-hydrogen) atoms. The van der Waals surface area contributed by atoms with Crippen LogP contribution in [0.5, 0.6) is 5.75 Å². The Hall–Kier alpha value is -2.74. The molecule has 4 rings (SSSR count). The molecule has 0 saturated heterocycles. The second-order valence-corrected chi connectivity index (χ2v) is 7.44. The molecule has 4 nitrogen and oxygen atoms in total. The maximum atomic E-state index is 13.4. The molecule has 1 aromatic carbocycles. The van der Waals surface area contributed by atoms with E-state index in [9.17, 15) is 18.0 Å². The predicted molar refractivity (Wildman–Crippen MR) is 99.6 cm³/mol. The SMILES string of the molecule is COc1ccc(C(=O)N2CCn3cccc3[C@H]2c2cccs2)cc1C(F)(F)F. The summed E-state index contributed by atoms with van der Waals surface area (Å²) in [5, 5.41) is 1.93. The molecule has 0 N–H and O–H groups in total. The smallest absolute Gasteiger partial charge is 0.419 e. The van der Waals surface area contributed by atoms with Gasteiger partial charge in [0.2, 0.25) is 0 Å². The predicted octanol–water partition coefficient (Wildman–Crippen LogP) is 4.82. The van der Waals surface area contributed by atoms with Gasteiger partial charge in [0.25, 0.3) is 5.91 Å². The Bertz CT molecular complexity index is 995. The molecule has 3 heterocycles. The molecule has 0 unspecified atom stereocenters. The highest BCUT2D eigenvalue weighted by Gasteiger charge is 2.37. The summed E-state index contributed by atoms with van der Waals surface area (Å²) >= 11 is 1.52. The first-order valence-electron chi connectivity index (χ1n) is 8.65. The van der Waals surface area contributed by atoms with Crippen molar-refractivity contribution in [2.24, 2.45) is 0 Å². The van der Waals surface area contributed by atoms with Crippen molar-refractivity contribution in [3.63, 3.8) is 0 Å². The van der Waals surface area contributed by atoms with E-state index in [1.54, 1.807) is 4.90 Å². The highest BCUT2D eigenvalue weighted by atomic mass is 32.1. The van der Waals surface area contributed by atoms with Gasteiger partial charge in [0.1, 0.15) is 11.8 Å². The number of ether oxygens (including phenoxy) is 1. The van der Waals surface area contributed by atoms with Crippen molar-refractivity contribution >= 4 is 17.2 Å². The van der Waals surface area contributed by atoms with E-state index in [-0.39, 0.29) is 17.4 Å². The Morgan fingerprint density at radius 2 is 2.00 bits per heavy atom. The van der Waals surface area contributed by atoms with Crippen molar-refractivity contribution in [3.8, 4) is 5.75 Å². The lowest BCUT2D eigenvalue weighted by molar-refractivity contribution is -0.138. The van der Waals surface area contributed by atoms with Gasteiger partial charge in [-0.05, 0) is 41.8 Å². The van der Waals surface area contributed by atoms with Gasteiger partial charge in [-0.2, -0.15) is 13.2 Å². The topological polar surface area (TPSA) is 34.5 Å². The zero-order valence-corrected chi connectivity index (χ0v) is 15.8. The lowest BCUT2D eigenvalue weighted by Crippen LogP contribution is -2.42. The van der Waals surface area contributed by atoms with E-state index in [0.29, 0.717) is 13.1 Å². The van der Waals surface area contributed by atoms with Crippen LogP contribution >= 0.6 is 11.3 Å². The summed E-state index contributed by atoms with van der Waals surface area (Å²) in [6.07, 6.45) is -2.65. The van der Waals surface area contributed by atoms with Crippen LogP contribution in [0.4, 0.5) is 13.2 Å². The van der Waals surface area contributed by atoms with Crippen LogP contribution in [0.15, 0.2) is 54.0 Å². The number of alkyl halides is 3. The molecular formula is C20H17F3N2O2S. The second-order valence-electron chi connectivity index (χ2n) is 6.46. The molecule has 1 aliphatic heterocycles. The van der Waals surface area contributed by atoms with Gasteiger partial charge in [0.05, 0.1) is 12.7 Å². The Balaban J connectivity index is 1.75. The molecule has 0 saturated carbocycles. The van der Waals surface area contributed by atoms with Gasteiger partial charge in [-0.1, -0.05) is 6.07 Å². The van der Waals surface area contributed by atoms with E-state index in [4.69, 9.17) is 4.74 Å². The number of amides is 1. The summed E-state index contributed by atoms with van der Waals surface area (Å²) in [7, 11) is 1.18. The lowest BCUT2D eigenvalue weighted by Gasteiger charge is -2.36. The quantitative estimate of drug-likeness (QED) is 0.625. The lowest BCUT2D eigenvalue weighted by atomic mass is 10.0. The molecule has 0 spiro atoms. The van der Waals surface area contributed by atoms with Gasteiger partial charge in [0.15, 0.2) is 0 Å². The first kappa shape index (κ1) is 18.6. The maximum Gasteiger partial charge on any atom is 0.419 e. The highest BCUT2D eigenvalue weighted by molar-refractivity contribution is 7.10. The number of carbonyl (C=O) groups excluding carboxylic acids is 1. The first-order chi connectivity index (χ1) is 13.4. The Kier molecular flexibility index (Phi) is 4.66. The molecule has 0 radical (unpaired) electrons. The fourth-order valence-electron chi connectivity index (χ4n) is 3.58. The minimum absolute atomic E-state index is 0.00492. The normalized spacial score (nSPS) is 16.7. The average Bonchev–Trinajstić information content (AvgIpc) is 3.37. The number of hydrogen-bond donors (Lipinski definition) is 0. The standard InChI is InChI=1S/C20H17F3N2O2S/c1-27-16-7-6-13(12-14(16)20(21,22)23)19(26)25-10-9-24-8-2-4-15(24)18(25)17-5-3-11-28-17/h2-8,11-12,18H,9-10H2,1H3/t18-/m0/s1. The maximum absolute atomic E-state index is 13.4. The molecule has 0 aliphatic carbocycles. The summed E-state index contributed by atoms with van der Waals surface area (Å²) in [6, 6.07) is 10.8. The van der Waals surface area contributed by atoms with E-state index in [1.165, 1.54) is 30.6 Å². The summed E-state index contributed by atoms with van der Waals surface area (Å²) in [5.41, 5.74) is -0.00444. The zero-order chi connectivity index (χ0) is 19.9. The van der Waals surface area contributed by atoms with Crippen molar-refractivity contribution in [3.05, 3.63) is 75.7 Å². The van der Waals surface area contributed by atoms with Crippen LogP contribution in [-0.2, 0) is 12.7 Å². The van der Waals surface area contributed by atoms with E-state index >= 15 is 0 Å². The average molecular weight is 406 g/mol. The first-order valence-corrected chi connectivity index (χ1v) is 9.53. The van der Waals surface area contributed by atoms with Gasteiger partial charge in [-0.25, -0.2) is 0 Å². The largest absolute Gasteiger partial charge is 0.496 e. The fraction of sp³-hybridized carbons (Fsp3) is 0.250. The van der Waals surface area contributed by atoms with Crippen molar-refractivity contribution in [1.29, 1.82) is 0 Å². The molecule has 8 heteroatoms. The number of carbonyl (C=O) groups is 1. The second kappa shape index (κ2) is 7.01. The molecule has 1 aliphatic rings. The van der Waals surface area contributed by atoms with Gasteiger partial charge in [-0.15, -0.1) is 11.3 Å². The van der Waals surface area contributed by atoms with Crippen LogP contribution in [0.3, 0.4) is 0 Å². The van der Waals surface area contributed by atoms with E-state index in [1.807, 2.05) is 35.8 Å². The third-order valence-corrected chi connectivity index (χ3v) is 5.79. The summed E-state index contributed by atoms with van der Waals surface area (Å²) in [6.45, 7) is 1.01. The summed E-state index contributed by atoms with van der Waals surface area (Å²) < 4.78 is 47.0. The summed E-state index contributed by atoms with van der Waals surface area (Å²) in [5.74, 6) is -0.731. The molecule has 1 atom stereocenters. The molecule has 0 fully saturated rings. The molecule has 0 bridgehead atoms. The Labute approximate surface area is 163 Å². The number of rotatable bonds is 3.